The fourth-order valence-corrected chi connectivity index (χ4v) is 1.15. The van der Waals surface area contributed by atoms with Gasteiger partial charge in [0.05, 0.1) is 17.9 Å². The van der Waals surface area contributed by atoms with Gasteiger partial charge in [0.2, 0.25) is 0 Å². The standard InChI is InChI=1S/C10H11FN2/c1-3-7-13(2)10-8(11)5-4-6-9(10)12/h1,4-6H,7,12H2,2H3. The Morgan fingerprint density at radius 2 is 2.31 bits per heavy atom. The minimum Gasteiger partial charge on any atom is -0.397 e. The van der Waals surface area contributed by atoms with Crippen molar-refractivity contribution in [2.75, 3.05) is 24.2 Å². The molecule has 0 bridgehead atoms. The maximum atomic E-state index is 13.2. The van der Waals surface area contributed by atoms with E-state index in [1.54, 1.807) is 24.1 Å². The molecule has 68 valence electrons. The molecule has 0 saturated heterocycles. The molecule has 1 aromatic rings. The van der Waals surface area contributed by atoms with Crippen molar-refractivity contribution in [3.63, 3.8) is 0 Å². The van der Waals surface area contributed by atoms with Crippen LogP contribution in [0.1, 0.15) is 0 Å². The largest absolute Gasteiger partial charge is 0.397 e. The molecule has 0 amide bonds. The monoisotopic (exact) mass is 178 g/mol. The number of anilines is 2. The zero-order valence-electron chi connectivity index (χ0n) is 7.42. The van der Waals surface area contributed by atoms with E-state index in [2.05, 4.69) is 5.92 Å². The number of nitrogens with two attached hydrogens (primary N) is 1. The van der Waals surface area contributed by atoms with Gasteiger partial charge in [0.25, 0.3) is 0 Å². The van der Waals surface area contributed by atoms with Crippen molar-refractivity contribution in [3.05, 3.63) is 24.0 Å². The Bertz CT molecular complexity index is 321. The molecule has 0 heterocycles. The Hall–Kier alpha value is -1.69. The van der Waals surface area contributed by atoms with Gasteiger partial charge in [-0.2, -0.15) is 0 Å². The average Bonchev–Trinajstić information content (AvgIpc) is 2.04. The van der Waals surface area contributed by atoms with E-state index in [1.807, 2.05) is 0 Å². The molecule has 3 heteroatoms. The first kappa shape index (κ1) is 9.40. The summed E-state index contributed by atoms with van der Waals surface area (Å²) in [6.07, 6.45) is 5.11. The molecule has 0 saturated carbocycles. The highest BCUT2D eigenvalue weighted by Gasteiger charge is 2.09. The summed E-state index contributed by atoms with van der Waals surface area (Å²) >= 11 is 0. The lowest BCUT2D eigenvalue weighted by atomic mass is 10.2. The molecule has 0 unspecified atom stereocenters. The van der Waals surface area contributed by atoms with Crippen LogP contribution >= 0.6 is 0 Å². The predicted octanol–water partition coefficient (Wildman–Crippen LogP) is 1.48. The highest BCUT2D eigenvalue weighted by Crippen LogP contribution is 2.24. The minimum absolute atomic E-state index is 0.338. The van der Waals surface area contributed by atoms with Gasteiger partial charge in [0, 0.05) is 7.05 Å². The lowest BCUT2D eigenvalue weighted by Gasteiger charge is -2.18. The van der Waals surface area contributed by atoms with Gasteiger partial charge < -0.3 is 10.6 Å². The van der Waals surface area contributed by atoms with Crippen molar-refractivity contribution < 1.29 is 4.39 Å². The maximum absolute atomic E-state index is 13.2. The zero-order valence-corrected chi connectivity index (χ0v) is 7.42. The van der Waals surface area contributed by atoms with Crippen LogP contribution < -0.4 is 10.6 Å². The molecule has 0 aromatic heterocycles. The van der Waals surface area contributed by atoms with Crippen molar-refractivity contribution in [1.29, 1.82) is 0 Å². The smallest absolute Gasteiger partial charge is 0.148 e. The first-order valence-electron chi connectivity index (χ1n) is 3.85. The van der Waals surface area contributed by atoms with Crippen LogP contribution in [0.2, 0.25) is 0 Å². The normalized spacial score (nSPS) is 9.31. The lowest BCUT2D eigenvalue weighted by molar-refractivity contribution is 0.625. The Morgan fingerprint density at radius 1 is 1.62 bits per heavy atom. The molecule has 0 spiro atoms. The summed E-state index contributed by atoms with van der Waals surface area (Å²) in [5.74, 6) is 2.07. The van der Waals surface area contributed by atoms with Crippen molar-refractivity contribution in [1.82, 2.24) is 0 Å². The molecular weight excluding hydrogens is 167 g/mol. The molecule has 1 aromatic carbocycles. The minimum atomic E-state index is -0.349. The van der Waals surface area contributed by atoms with Crippen LogP contribution in [0, 0.1) is 18.2 Å². The summed E-state index contributed by atoms with van der Waals surface area (Å²) in [5.41, 5.74) is 6.36. The van der Waals surface area contributed by atoms with Crippen LogP contribution in [0.5, 0.6) is 0 Å². The predicted molar refractivity (Wildman–Crippen MR) is 52.9 cm³/mol. The molecule has 0 radical (unpaired) electrons. The highest BCUT2D eigenvalue weighted by molar-refractivity contribution is 5.68. The van der Waals surface area contributed by atoms with Gasteiger partial charge in [0.15, 0.2) is 0 Å². The van der Waals surface area contributed by atoms with Crippen LogP contribution in [0.15, 0.2) is 18.2 Å². The number of halogens is 1. The quantitative estimate of drug-likeness (QED) is 0.549. The van der Waals surface area contributed by atoms with Crippen molar-refractivity contribution >= 4 is 11.4 Å². The molecule has 2 N–H and O–H groups in total. The summed E-state index contributed by atoms with van der Waals surface area (Å²) < 4.78 is 13.2. The number of hydrogen-bond acceptors (Lipinski definition) is 2. The number of nitrogen functional groups attached to an aromatic ring is 1. The van der Waals surface area contributed by atoms with Gasteiger partial charge in [-0.3, -0.25) is 0 Å². The molecule has 1 rings (SSSR count). The summed E-state index contributed by atoms with van der Waals surface area (Å²) in [5, 5.41) is 0. The fraction of sp³-hybridized carbons (Fsp3) is 0.200. The number of terminal acetylenes is 1. The van der Waals surface area contributed by atoms with Gasteiger partial charge in [0.1, 0.15) is 5.82 Å². The van der Waals surface area contributed by atoms with E-state index >= 15 is 0 Å². The van der Waals surface area contributed by atoms with Gasteiger partial charge in [-0.25, -0.2) is 4.39 Å². The average molecular weight is 178 g/mol. The Morgan fingerprint density at radius 3 is 2.85 bits per heavy atom. The summed E-state index contributed by atoms with van der Waals surface area (Å²) in [6.45, 7) is 0.338. The van der Waals surface area contributed by atoms with Crippen molar-refractivity contribution in [2.45, 2.75) is 0 Å². The van der Waals surface area contributed by atoms with E-state index in [4.69, 9.17) is 12.2 Å². The highest BCUT2D eigenvalue weighted by atomic mass is 19.1. The SMILES string of the molecule is C#CCN(C)c1c(N)cccc1F. The molecule has 0 aliphatic heterocycles. The Labute approximate surface area is 77.2 Å². The Kier molecular flexibility index (Phi) is 2.76. The van der Waals surface area contributed by atoms with Crippen LogP contribution in [0.3, 0.4) is 0 Å². The lowest BCUT2D eigenvalue weighted by Crippen LogP contribution is -2.19. The van der Waals surface area contributed by atoms with Crippen LogP contribution in [0.25, 0.3) is 0 Å². The molecule has 13 heavy (non-hydrogen) atoms. The van der Waals surface area contributed by atoms with Gasteiger partial charge in [-0.1, -0.05) is 12.0 Å². The van der Waals surface area contributed by atoms with E-state index in [1.165, 1.54) is 6.07 Å². The third-order valence-corrected chi connectivity index (χ3v) is 1.73. The molecule has 0 aliphatic carbocycles. The number of para-hydroxylation sites is 1. The van der Waals surface area contributed by atoms with Crippen LogP contribution in [0.4, 0.5) is 15.8 Å². The second-order valence-electron chi connectivity index (χ2n) is 2.74. The van der Waals surface area contributed by atoms with Gasteiger partial charge in [-0.05, 0) is 12.1 Å². The third kappa shape index (κ3) is 1.91. The molecule has 0 aliphatic rings. The van der Waals surface area contributed by atoms with E-state index in [9.17, 15) is 4.39 Å². The number of benzene rings is 1. The number of rotatable bonds is 2. The fourth-order valence-electron chi connectivity index (χ4n) is 1.15. The summed E-state index contributed by atoms with van der Waals surface area (Å²) in [7, 11) is 1.70. The molecule has 0 fully saturated rings. The topological polar surface area (TPSA) is 29.3 Å². The van der Waals surface area contributed by atoms with E-state index in [0.717, 1.165) is 0 Å². The van der Waals surface area contributed by atoms with Crippen molar-refractivity contribution in [3.8, 4) is 12.3 Å². The zero-order chi connectivity index (χ0) is 9.84. The van der Waals surface area contributed by atoms with Crippen LogP contribution in [-0.4, -0.2) is 13.6 Å². The summed E-state index contributed by atoms with van der Waals surface area (Å²) in [4.78, 5) is 1.60. The molecule has 0 atom stereocenters. The third-order valence-electron chi connectivity index (χ3n) is 1.73. The maximum Gasteiger partial charge on any atom is 0.148 e. The second kappa shape index (κ2) is 3.81. The molecule has 2 nitrogen and oxygen atoms in total. The van der Waals surface area contributed by atoms with E-state index < -0.39 is 0 Å². The second-order valence-corrected chi connectivity index (χ2v) is 2.74. The van der Waals surface area contributed by atoms with E-state index in [-0.39, 0.29) is 5.82 Å². The van der Waals surface area contributed by atoms with E-state index in [0.29, 0.717) is 17.9 Å². The Balaban J connectivity index is 3.06. The summed E-state index contributed by atoms with van der Waals surface area (Å²) in [6, 6.07) is 4.57. The van der Waals surface area contributed by atoms with Crippen LogP contribution in [-0.2, 0) is 0 Å². The number of hydrogen-bond donors (Lipinski definition) is 1. The van der Waals surface area contributed by atoms with Gasteiger partial charge in [-0.15, -0.1) is 6.42 Å². The van der Waals surface area contributed by atoms with Gasteiger partial charge >= 0.3 is 0 Å². The number of nitrogens with zero attached hydrogens (tertiary/aromatic N) is 1. The first-order valence-corrected chi connectivity index (χ1v) is 3.85. The molecular formula is C10H11FN2. The van der Waals surface area contributed by atoms with Crippen molar-refractivity contribution in [2.24, 2.45) is 0 Å². The first-order chi connectivity index (χ1) is 6.16.